The highest BCUT2D eigenvalue weighted by Crippen LogP contribution is 1.79. The predicted molar refractivity (Wildman–Crippen MR) is 36.9 cm³/mol. The van der Waals surface area contributed by atoms with Crippen LogP contribution in [0.1, 0.15) is 0 Å². The molecule has 0 aliphatic carbocycles. The van der Waals surface area contributed by atoms with Crippen molar-refractivity contribution in [2.45, 2.75) is 0 Å². The molecule has 11 heavy (non-hydrogen) atoms. The van der Waals surface area contributed by atoms with Gasteiger partial charge in [0.05, 0.1) is 0 Å². The molecule has 0 spiro atoms. The predicted octanol–water partition coefficient (Wildman–Crippen LogP) is -0.834. The van der Waals surface area contributed by atoms with Gasteiger partial charge in [-0.25, -0.2) is 10.1 Å². The Morgan fingerprint density at radius 2 is 2.36 bits per heavy atom. The summed E-state index contributed by atoms with van der Waals surface area (Å²) in [5, 5.41) is 22.0. The number of hydrogen-bond donors (Lipinski definition) is 1. The lowest BCUT2D eigenvalue weighted by Gasteiger charge is -2.08. The second-order valence-electron chi connectivity index (χ2n) is 1.79. The Balaban J connectivity index is 4.35. The van der Waals surface area contributed by atoms with E-state index < -0.39 is 5.03 Å². The first-order valence-corrected chi connectivity index (χ1v) is 2.63. The zero-order chi connectivity index (χ0) is 8.85. The van der Waals surface area contributed by atoms with Crippen LogP contribution in [0, 0.1) is 21.6 Å². The van der Waals surface area contributed by atoms with Crippen LogP contribution < -0.4 is 5.32 Å². The summed E-state index contributed by atoms with van der Waals surface area (Å²) in [6.45, 7) is 0. The summed E-state index contributed by atoms with van der Waals surface area (Å²) in [6, 6.07) is 0. The van der Waals surface area contributed by atoms with E-state index in [9.17, 15) is 10.1 Å². The van der Waals surface area contributed by atoms with E-state index in [-0.39, 0.29) is 5.96 Å². The molecule has 0 aromatic heterocycles. The van der Waals surface area contributed by atoms with Crippen LogP contribution in [0.25, 0.3) is 0 Å². The lowest BCUT2D eigenvalue weighted by Crippen LogP contribution is -2.34. The Morgan fingerprint density at radius 1 is 1.82 bits per heavy atom. The van der Waals surface area contributed by atoms with E-state index in [1.54, 1.807) is 0 Å². The summed E-state index contributed by atoms with van der Waals surface area (Å²) >= 11 is 0. The minimum atomic E-state index is -0.875. The van der Waals surface area contributed by atoms with E-state index in [0.29, 0.717) is 0 Å². The van der Waals surface area contributed by atoms with E-state index >= 15 is 0 Å². The number of nitro groups is 1. The molecular formula is C4H7N5O2. The average molecular weight is 157 g/mol. The van der Waals surface area contributed by atoms with Crippen molar-refractivity contribution in [1.82, 2.24) is 10.2 Å². The summed E-state index contributed by atoms with van der Waals surface area (Å²) in [7, 11) is 3.07. The number of nitrogens with zero attached hydrogens (tertiary/aromatic N) is 4. The maximum atomic E-state index is 9.83. The second kappa shape index (κ2) is 4.05. The van der Waals surface area contributed by atoms with Crippen LogP contribution in [0.3, 0.4) is 0 Å². The lowest BCUT2D eigenvalue weighted by atomic mass is 10.8. The molecule has 0 radical (unpaired) electrons. The Labute approximate surface area is 63.1 Å². The van der Waals surface area contributed by atoms with Crippen molar-refractivity contribution in [2.75, 3.05) is 14.1 Å². The van der Waals surface area contributed by atoms with Gasteiger partial charge in [-0.15, -0.1) is 0 Å². The Kier molecular flexibility index (Phi) is 3.37. The minimum Gasteiger partial charge on any atom is -0.343 e. The summed E-state index contributed by atoms with van der Waals surface area (Å²) < 4.78 is 0. The molecule has 0 fully saturated rings. The molecule has 0 unspecified atom stereocenters. The van der Waals surface area contributed by atoms with Gasteiger partial charge in [-0.2, -0.15) is 5.26 Å². The van der Waals surface area contributed by atoms with Gasteiger partial charge in [0.1, 0.15) is 5.10 Å². The highest BCUT2D eigenvalue weighted by atomic mass is 16.7. The van der Waals surface area contributed by atoms with E-state index in [4.69, 9.17) is 5.26 Å². The minimum absolute atomic E-state index is 0.0995. The van der Waals surface area contributed by atoms with Gasteiger partial charge < -0.3 is 4.90 Å². The van der Waals surface area contributed by atoms with Crippen LogP contribution in [-0.4, -0.2) is 30.0 Å². The first-order chi connectivity index (χ1) is 5.07. The molecule has 0 aliphatic heterocycles. The van der Waals surface area contributed by atoms with Gasteiger partial charge in [0.15, 0.2) is 11.2 Å². The molecular weight excluding hydrogens is 150 g/mol. The fraction of sp³-hybridized carbons (Fsp3) is 0.500. The zero-order valence-electron chi connectivity index (χ0n) is 6.11. The first-order valence-electron chi connectivity index (χ1n) is 2.63. The van der Waals surface area contributed by atoms with Crippen LogP contribution in [0.15, 0.2) is 5.10 Å². The molecule has 1 N–H and O–H groups in total. The van der Waals surface area contributed by atoms with Crippen molar-refractivity contribution in [3.63, 3.8) is 0 Å². The monoisotopic (exact) mass is 157 g/mol. The molecule has 0 saturated carbocycles. The third-order valence-electron chi connectivity index (χ3n) is 0.768. The van der Waals surface area contributed by atoms with Crippen LogP contribution in [0.5, 0.6) is 0 Å². The van der Waals surface area contributed by atoms with Crippen molar-refractivity contribution in [3.05, 3.63) is 10.1 Å². The highest BCUT2D eigenvalue weighted by molar-refractivity contribution is 5.80. The summed E-state index contributed by atoms with van der Waals surface area (Å²) in [5.74, 6) is -0.0995. The Hall–Kier alpha value is -1.84. The molecule has 0 bridgehead atoms. The van der Waals surface area contributed by atoms with Crippen molar-refractivity contribution >= 4 is 5.96 Å². The van der Waals surface area contributed by atoms with Crippen molar-refractivity contribution in [2.24, 2.45) is 5.10 Å². The molecule has 0 atom stereocenters. The Bertz CT molecular complexity index is 215. The fourth-order valence-electron chi connectivity index (χ4n) is 0.354. The topological polar surface area (TPSA) is 94.6 Å². The molecule has 0 rings (SSSR count). The number of nitriles is 1. The maximum Gasteiger partial charge on any atom is 0.284 e. The molecule has 7 nitrogen and oxygen atoms in total. The van der Waals surface area contributed by atoms with Gasteiger partial charge >= 0.3 is 0 Å². The van der Waals surface area contributed by atoms with E-state index in [0.717, 1.165) is 0 Å². The molecule has 7 heteroatoms. The molecule has 0 amide bonds. The van der Waals surface area contributed by atoms with E-state index in [1.807, 2.05) is 0 Å². The van der Waals surface area contributed by atoms with Gasteiger partial charge in [0.25, 0.3) is 5.96 Å². The highest BCUT2D eigenvalue weighted by Gasteiger charge is 2.05. The molecule has 0 aromatic rings. The van der Waals surface area contributed by atoms with E-state index in [2.05, 4.69) is 10.4 Å². The van der Waals surface area contributed by atoms with Crippen molar-refractivity contribution in [3.8, 4) is 6.19 Å². The summed E-state index contributed by atoms with van der Waals surface area (Å²) in [4.78, 5) is 11.2. The van der Waals surface area contributed by atoms with Crippen molar-refractivity contribution in [1.29, 1.82) is 5.26 Å². The number of hydrazone groups is 1. The third kappa shape index (κ3) is 3.69. The zero-order valence-corrected chi connectivity index (χ0v) is 6.11. The van der Waals surface area contributed by atoms with Crippen LogP contribution in [-0.2, 0) is 0 Å². The molecule has 60 valence electrons. The lowest BCUT2D eigenvalue weighted by molar-refractivity contribution is -0.485. The van der Waals surface area contributed by atoms with Crippen LogP contribution >= 0.6 is 0 Å². The Morgan fingerprint density at radius 3 is 2.64 bits per heavy atom. The van der Waals surface area contributed by atoms with Crippen LogP contribution in [0.2, 0.25) is 0 Å². The van der Waals surface area contributed by atoms with Gasteiger partial charge in [0.2, 0.25) is 0 Å². The van der Waals surface area contributed by atoms with E-state index in [1.165, 1.54) is 25.2 Å². The molecule has 0 saturated heterocycles. The van der Waals surface area contributed by atoms with Crippen LogP contribution in [0.4, 0.5) is 0 Å². The fourth-order valence-corrected chi connectivity index (χ4v) is 0.354. The summed E-state index contributed by atoms with van der Waals surface area (Å²) in [6.07, 6.45) is 1.53. The van der Waals surface area contributed by atoms with Gasteiger partial charge in [-0.05, 0) is 0 Å². The number of rotatable bonds is 1. The molecule has 0 heterocycles. The standard InChI is InChI=1S/C4H7N5O2/c1-8(2)4(6-3-5)7-9(10)11/h1-2H3,(H,6,7). The van der Waals surface area contributed by atoms with Gasteiger partial charge in [0, 0.05) is 14.1 Å². The third-order valence-corrected chi connectivity index (χ3v) is 0.768. The molecule has 0 aromatic carbocycles. The van der Waals surface area contributed by atoms with Gasteiger partial charge in [-0.3, -0.25) is 5.32 Å². The van der Waals surface area contributed by atoms with Gasteiger partial charge in [-0.1, -0.05) is 0 Å². The SMILES string of the molecule is CN(C)C(=N[N+](=O)[O-])NC#N. The number of hydrogen-bond acceptors (Lipinski definition) is 3. The second-order valence-corrected chi connectivity index (χ2v) is 1.79. The van der Waals surface area contributed by atoms with Crippen molar-refractivity contribution < 1.29 is 5.03 Å². The average Bonchev–Trinajstić information content (AvgIpc) is 1.86. The normalized spacial score (nSPS) is 10.1. The summed E-state index contributed by atoms with van der Waals surface area (Å²) in [5.41, 5.74) is 0. The number of guanidine groups is 1. The maximum absolute atomic E-state index is 9.83. The first kappa shape index (κ1) is 9.16. The number of nitrogens with one attached hydrogen (secondary N) is 1. The smallest absolute Gasteiger partial charge is 0.284 e. The largest absolute Gasteiger partial charge is 0.343 e. The quantitative estimate of drug-likeness (QED) is 0.134. The molecule has 0 aliphatic rings.